The fraction of sp³-hybridized carbons (Fsp3) is 0.643. The molecule has 0 radical (unpaired) electrons. The Bertz CT molecular complexity index is 848. The second-order valence-corrected chi connectivity index (χ2v) is 9.89. The highest BCUT2D eigenvalue weighted by Gasteiger charge is 2.48. The van der Waals surface area contributed by atoms with Gasteiger partial charge in [0.15, 0.2) is 0 Å². The van der Waals surface area contributed by atoms with Crippen LogP contribution >= 0.6 is 0 Å². The van der Waals surface area contributed by atoms with Crippen molar-refractivity contribution in [2.45, 2.75) is 83.0 Å². The smallest absolute Gasteiger partial charge is 0.126 e. The predicted molar refractivity (Wildman–Crippen MR) is 129 cm³/mol. The minimum atomic E-state index is -0.550. The Kier molecular flexibility index (Phi) is 7.94. The highest BCUT2D eigenvalue weighted by molar-refractivity contribution is 5.49. The molecule has 174 valence electrons. The lowest BCUT2D eigenvalue weighted by atomic mass is 9.86. The van der Waals surface area contributed by atoms with E-state index >= 15 is 0 Å². The number of para-hydroxylation sites is 1. The van der Waals surface area contributed by atoms with Crippen molar-refractivity contribution in [2.75, 3.05) is 19.6 Å². The molecule has 4 nitrogen and oxygen atoms in total. The highest BCUT2D eigenvalue weighted by Crippen LogP contribution is 2.52. The third-order valence-corrected chi connectivity index (χ3v) is 7.57. The lowest BCUT2D eigenvalue weighted by Crippen LogP contribution is -2.20. The molecule has 1 aromatic rings. The Morgan fingerprint density at radius 2 is 2.06 bits per heavy atom. The fourth-order valence-electron chi connectivity index (χ4n) is 5.64. The third kappa shape index (κ3) is 5.22. The van der Waals surface area contributed by atoms with E-state index in [4.69, 9.17) is 4.74 Å². The number of aliphatic hydroxyl groups excluding tert-OH is 2. The van der Waals surface area contributed by atoms with Gasteiger partial charge < -0.3 is 19.8 Å². The number of fused-ring (bicyclic) bond motifs is 3. The monoisotopic (exact) mass is 437 g/mol. The molecule has 0 aromatic heterocycles. The summed E-state index contributed by atoms with van der Waals surface area (Å²) in [4.78, 5) is 2.58. The van der Waals surface area contributed by atoms with Crippen molar-refractivity contribution in [1.82, 2.24) is 4.90 Å². The molecule has 0 bridgehead atoms. The summed E-state index contributed by atoms with van der Waals surface area (Å²) in [6.07, 6.45) is 10.4. The predicted octanol–water partition coefficient (Wildman–Crippen LogP) is 4.30. The van der Waals surface area contributed by atoms with E-state index in [1.165, 1.54) is 56.4 Å². The van der Waals surface area contributed by atoms with E-state index in [1.54, 1.807) is 0 Å². The first-order chi connectivity index (χ1) is 15.6. The number of rotatable bonds is 9. The summed E-state index contributed by atoms with van der Waals surface area (Å²) in [5.74, 6) is 7.21. The second kappa shape index (κ2) is 10.9. The van der Waals surface area contributed by atoms with Crippen LogP contribution in [0.4, 0.5) is 0 Å². The Balaban J connectivity index is 1.40. The van der Waals surface area contributed by atoms with Crippen molar-refractivity contribution >= 4 is 0 Å². The summed E-state index contributed by atoms with van der Waals surface area (Å²) in [6.45, 7) is 7.58. The number of benzene rings is 1. The number of aliphatic hydroxyl groups is 2. The van der Waals surface area contributed by atoms with E-state index in [1.807, 2.05) is 26.0 Å². The molecule has 4 rings (SSSR count). The summed E-state index contributed by atoms with van der Waals surface area (Å²) in [5, 5.41) is 21.2. The van der Waals surface area contributed by atoms with Crippen LogP contribution in [0.25, 0.3) is 0 Å². The Labute approximate surface area is 193 Å². The van der Waals surface area contributed by atoms with Crippen LogP contribution in [0, 0.1) is 23.7 Å². The normalized spacial score (nSPS) is 28.8. The lowest BCUT2D eigenvalue weighted by molar-refractivity contribution is 0.134. The van der Waals surface area contributed by atoms with Crippen LogP contribution in [0.15, 0.2) is 30.4 Å². The summed E-state index contributed by atoms with van der Waals surface area (Å²) in [7, 11) is 0. The zero-order valence-corrected chi connectivity index (χ0v) is 19.7. The molecule has 1 saturated heterocycles. The van der Waals surface area contributed by atoms with E-state index in [0.29, 0.717) is 12.8 Å². The molecule has 0 amide bonds. The van der Waals surface area contributed by atoms with Crippen LogP contribution in [0.3, 0.4) is 0 Å². The van der Waals surface area contributed by atoms with E-state index in [-0.39, 0.29) is 23.9 Å². The lowest BCUT2D eigenvalue weighted by Gasteiger charge is -2.19. The maximum Gasteiger partial charge on any atom is 0.126 e. The molecule has 1 aliphatic carbocycles. The molecule has 2 N–H and O–H groups in total. The number of likely N-dealkylation sites (tertiary alicyclic amines) is 1. The summed E-state index contributed by atoms with van der Waals surface area (Å²) < 4.78 is 6.42. The number of aryl methyl sites for hydroxylation is 1. The van der Waals surface area contributed by atoms with Crippen molar-refractivity contribution in [3.05, 3.63) is 41.5 Å². The van der Waals surface area contributed by atoms with Crippen LogP contribution in [0.2, 0.25) is 0 Å². The first-order valence-electron chi connectivity index (χ1n) is 12.5. The largest absolute Gasteiger partial charge is 0.489 e. The van der Waals surface area contributed by atoms with E-state index in [0.717, 1.165) is 12.2 Å². The van der Waals surface area contributed by atoms with Gasteiger partial charge in [-0.2, -0.15) is 0 Å². The van der Waals surface area contributed by atoms with Crippen LogP contribution in [0.5, 0.6) is 5.75 Å². The van der Waals surface area contributed by atoms with Gasteiger partial charge in [-0.15, -0.1) is 11.8 Å². The zero-order chi connectivity index (χ0) is 22.5. The number of unbranched alkanes of at least 4 members (excludes halogenated alkanes) is 1. The SMILES string of the molecule is CC#CC[C@@H](C)[C@H](O)/C=C/[C@@H]1[C@H]2c3cccc(CCCCN4CCCC4)c3O[C@H]2C[C@H]1O. The van der Waals surface area contributed by atoms with Crippen LogP contribution in [-0.4, -0.2) is 53.1 Å². The van der Waals surface area contributed by atoms with Gasteiger partial charge >= 0.3 is 0 Å². The van der Waals surface area contributed by atoms with Gasteiger partial charge in [0.25, 0.3) is 0 Å². The van der Waals surface area contributed by atoms with Crippen molar-refractivity contribution in [3.63, 3.8) is 0 Å². The molecule has 4 heteroatoms. The minimum absolute atomic E-state index is 0.0224. The first kappa shape index (κ1) is 23.4. The Hall–Kier alpha value is -1.80. The van der Waals surface area contributed by atoms with Gasteiger partial charge in [-0.25, -0.2) is 0 Å². The van der Waals surface area contributed by atoms with E-state index in [9.17, 15) is 10.2 Å². The van der Waals surface area contributed by atoms with Gasteiger partial charge in [-0.05, 0) is 70.1 Å². The second-order valence-electron chi connectivity index (χ2n) is 9.89. The summed E-state index contributed by atoms with van der Waals surface area (Å²) in [5.41, 5.74) is 2.54. The molecule has 6 atom stereocenters. The fourth-order valence-corrected chi connectivity index (χ4v) is 5.64. The van der Waals surface area contributed by atoms with Crippen LogP contribution in [-0.2, 0) is 6.42 Å². The molecule has 0 spiro atoms. The summed E-state index contributed by atoms with van der Waals surface area (Å²) >= 11 is 0. The highest BCUT2D eigenvalue weighted by atomic mass is 16.5. The van der Waals surface area contributed by atoms with Crippen molar-refractivity contribution in [1.29, 1.82) is 0 Å². The molecule has 0 unspecified atom stereocenters. The van der Waals surface area contributed by atoms with Crippen LogP contribution in [0.1, 0.15) is 69.4 Å². The maximum absolute atomic E-state index is 10.7. The number of ether oxygens (including phenoxy) is 1. The van der Waals surface area contributed by atoms with Gasteiger partial charge in [0.05, 0.1) is 12.2 Å². The standard InChI is InChI=1S/C28H39NO3/c1-3-4-10-20(2)24(30)15-14-22-25(31)19-26-27(22)23-13-9-12-21(28(23)32-26)11-5-6-16-29-17-7-8-18-29/h9,12-15,20,22,24-27,30-31H,5-8,10-11,16-19H2,1-2H3/b15-14+/t20-,22+,24-,25-,26+,27+/m1/s1. The summed E-state index contributed by atoms with van der Waals surface area (Å²) in [6, 6.07) is 6.52. The quantitative estimate of drug-likeness (QED) is 0.344. The van der Waals surface area contributed by atoms with Gasteiger partial charge in [0, 0.05) is 30.2 Å². The average molecular weight is 438 g/mol. The molecular formula is C28H39NO3. The molecule has 1 aromatic carbocycles. The molecule has 2 fully saturated rings. The van der Waals surface area contributed by atoms with Crippen molar-refractivity contribution in [3.8, 4) is 17.6 Å². The molecule has 3 aliphatic rings. The number of nitrogens with zero attached hydrogens (tertiary/aromatic N) is 1. The molecular weight excluding hydrogens is 398 g/mol. The van der Waals surface area contributed by atoms with Gasteiger partial charge in [0.1, 0.15) is 11.9 Å². The Morgan fingerprint density at radius 3 is 2.84 bits per heavy atom. The van der Waals surface area contributed by atoms with Crippen molar-refractivity contribution in [2.24, 2.45) is 11.8 Å². The minimum Gasteiger partial charge on any atom is -0.489 e. The van der Waals surface area contributed by atoms with Gasteiger partial charge in [-0.3, -0.25) is 0 Å². The topological polar surface area (TPSA) is 52.9 Å². The Morgan fingerprint density at radius 1 is 1.25 bits per heavy atom. The number of hydrogen-bond donors (Lipinski definition) is 2. The molecule has 2 aliphatic heterocycles. The third-order valence-electron chi connectivity index (χ3n) is 7.57. The first-order valence-corrected chi connectivity index (χ1v) is 12.5. The number of hydrogen-bond acceptors (Lipinski definition) is 4. The maximum atomic E-state index is 10.7. The van der Waals surface area contributed by atoms with Gasteiger partial charge in [-0.1, -0.05) is 37.3 Å². The zero-order valence-electron chi connectivity index (χ0n) is 19.7. The molecule has 1 saturated carbocycles. The molecule has 2 heterocycles. The van der Waals surface area contributed by atoms with Crippen LogP contribution < -0.4 is 4.74 Å². The van der Waals surface area contributed by atoms with E-state index < -0.39 is 12.2 Å². The molecule has 32 heavy (non-hydrogen) atoms. The average Bonchev–Trinajstić information content (AvgIpc) is 3.50. The van der Waals surface area contributed by atoms with E-state index in [2.05, 4.69) is 34.9 Å². The van der Waals surface area contributed by atoms with Gasteiger partial charge in [0.2, 0.25) is 0 Å². The van der Waals surface area contributed by atoms with Crippen molar-refractivity contribution < 1.29 is 14.9 Å².